The van der Waals surface area contributed by atoms with E-state index in [0.717, 1.165) is 23.0 Å². The van der Waals surface area contributed by atoms with Crippen LogP contribution >= 0.6 is 15.8 Å². The molecule has 0 aliphatic carbocycles. The molecule has 6 aromatic rings. The van der Waals surface area contributed by atoms with E-state index in [2.05, 4.69) is 159 Å². The lowest BCUT2D eigenvalue weighted by atomic mass is 9.76. The van der Waals surface area contributed by atoms with E-state index in [1.807, 2.05) is 0 Å². The van der Waals surface area contributed by atoms with Crippen LogP contribution < -0.4 is 46.0 Å². The lowest BCUT2D eigenvalue weighted by Gasteiger charge is -2.38. The normalized spacial score (nSPS) is 14.3. The predicted molar refractivity (Wildman–Crippen MR) is 196 cm³/mol. The van der Waals surface area contributed by atoms with Gasteiger partial charge in [-0.2, -0.15) is 0 Å². The fraction of sp³-hybridized carbons (Fsp3) is 0.122. The van der Waals surface area contributed by atoms with Crippen LogP contribution in [0, 0.1) is 0 Å². The van der Waals surface area contributed by atoms with Gasteiger partial charge in [-0.1, -0.05) is 135 Å². The zero-order valence-corrected chi connectivity index (χ0v) is 28.3. The highest BCUT2D eigenvalue weighted by molar-refractivity contribution is 7.80. The standard InChI is InChI=1S/C41H36O3P2/c1-41(2)35-17-11-19-37(45(31-13-7-5-8-14-31)33-25-21-29(42-3)22-26-33)39(35)44-40-36(41)18-12-20-38(40)46(32-15-9-6-10-16-32)34-27-23-30(43-4)24-28-34/h5-28H,1-4H3/t45-,46-/m0/s1. The average molecular weight is 639 g/mol. The van der Waals surface area contributed by atoms with E-state index >= 15 is 0 Å². The molecular formula is C41H36O3P2. The third-order valence-electron chi connectivity index (χ3n) is 8.71. The van der Waals surface area contributed by atoms with Crippen molar-refractivity contribution < 1.29 is 14.2 Å². The van der Waals surface area contributed by atoms with Crippen molar-refractivity contribution in [3.63, 3.8) is 0 Å². The molecule has 5 heteroatoms. The summed E-state index contributed by atoms with van der Waals surface area (Å²) in [4.78, 5) is 0. The number of para-hydroxylation sites is 2. The van der Waals surface area contributed by atoms with Crippen molar-refractivity contribution in [1.82, 2.24) is 0 Å². The summed E-state index contributed by atoms with van der Waals surface area (Å²) >= 11 is 0. The third-order valence-corrected chi connectivity index (χ3v) is 13.6. The molecule has 0 fully saturated rings. The number of hydrogen-bond donors (Lipinski definition) is 0. The molecule has 1 aliphatic heterocycles. The Kier molecular flexibility index (Phi) is 8.39. The molecule has 7 rings (SSSR count). The lowest BCUT2D eigenvalue weighted by molar-refractivity contribution is 0.415. The molecule has 0 amide bonds. The Morgan fingerprint density at radius 2 is 0.804 bits per heavy atom. The number of methoxy groups -OCH3 is 2. The fourth-order valence-electron chi connectivity index (χ4n) is 6.32. The van der Waals surface area contributed by atoms with E-state index in [4.69, 9.17) is 14.2 Å². The zero-order valence-electron chi connectivity index (χ0n) is 26.5. The third kappa shape index (κ3) is 5.49. The Hall–Kier alpha value is -4.42. The van der Waals surface area contributed by atoms with Gasteiger partial charge < -0.3 is 14.2 Å². The van der Waals surface area contributed by atoms with Crippen molar-refractivity contribution in [2.24, 2.45) is 0 Å². The van der Waals surface area contributed by atoms with E-state index in [0.29, 0.717) is 0 Å². The molecule has 3 nitrogen and oxygen atoms in total. The van der Waals surface area contributed by atoms with Gasteiger partial charge in [-0.25, -0.2) is 0 Å². The van der Waals surface area contributed by atoms with Crippen LogP contribution in [0.15, 0.2) is 146 Å². The fourth-order valence-corrected chi connectivity index (χ4v) is 11.1. The van der Waals surface area contributed by atoms with Gasteiger partial charge in [0.1, 0.15) is 23.0 Å². The molecule has 1 heterocycles. The van der Waals surface area contributed by atoms with E-state index in [1.54, 1.807) is 14.2 Å². The molecule has 0 radical (unpaired) electrons. The van der Waals surface area contributed by atoms with Crippen LogP contribution in [0.4, 0.5) is 0 Å². The van der Waals surface area contributed by atoms with E-state index in [1.165, 1.54) is 43.0 Å². The molecule has 1 aliphatic rings. The van der Waals surface area contributed by atoms with Crippen LogP contribution in [0.1, 0.15) is 25.0 Å². The highest BCUT2D eigenvalue weighted by atomic mass is 31.1. The van der Waals surface area contributed by atoms with Crippen LogP contribution in [0.3, 0.4) is 0 Å². The summed E-state index contributed by atoms with van der Waals surface area (Å²) in [5.74, 6) is 3.64. The minimum Gasteiger partial charge on any atom is -0.497 e. The quantitative estimate of drug-likeness (QED) is 0.160. The van der Waals surface area contributed by atoms with Crippen molar-refractivity contribution in [3.8, 4) is 23.0 Å². The minimum atomic E-state index is -0.916. The zero-order chi connectivity index (χ0) is 31.7. The summed E-state index contributed by atoms with van der Waals surface area (Å²) in [5, 5.41) is 7.49. The Balaban J connectivity index is 1.43. The molecule has 0 unspecified atom stereocenters. The molecule has 228 valence electrons. The van der Waals surface area contributed by atoms with Crippen LogP contribution in [0.2, 0.25) is 0 Å². The van der Waals surface area contributed by atoms with Gasteiger partial charge in [0.15, 0.2) is 0 Å². The molecular weight excluding hydrogens is 602 g/mol. The van der Waals surface area contributed by atoms with E-state index in [-0.39, 0.29) is 5.41 Å². The summed E-state index contributed by atoms with van der Waals surface area (Å²) in [6.45, 7) is 4.66. The van der Waals surface area contributed by atoms with E-state index < -0.39 is 15.8 Å². The first kappa shape index (κ1) is 30.2. The van der Waals surface area contributed by atoms with Crippen molar-refractivity contribution >= 4 is 47.7 Å². The minimum absolute atomic E-state index is 0.274. The maximum atomic E-state index is 7.30. The summed E-state index contributed by atoms with van der Waals surface area (Å²) in [6, 6.07) is 52.0. The summed E-state index contributed by atoms with van der Waals surface area (Å²) in [5.41, 5.74) is 2.14. The van der Waals surface area contributed by atoms with Gasteiger partial charge in [-0.05, 0) is 61.3 Å². The molecule has 0 spiro atoms. The Morgan fingerprint density at radius 1 is 0.435 bits per heavy atom. The Bertz CT molecular complexity index is 1810. The second-order valence-electron chi connectivity index (χ2n) is 11.8. The molecule has 0 aromatic heterocycles. The molecule has 0 bridgehead atoms. The monoisotopic (exact) mass is 638 g/mol. The summed E-state index contributed by atoms with van der Waals surface area (Å²) < 4.78 is 18.3. The Morgan fingerprint density at radius 3 is 1.17 bits per heavy atom. The second-order valence-corrected chi connectivity index (χ2v) is 16.1. The molecule has 0 N–H and O–H groups in total. The van der Waals surface area contributed by atoms with Gasteiger partial charge in [-0.3, -0.25) is 0 Å². The molecule has 2 atom stereocenters. The van der Waals surface area contributed by atoms with Crippen molar-refractivity contribution in [2.45, 2.75) is 19.3 Å². The van der Waals surface area contributed by atoms with Crippen LogP contribution in [-0.2, 0) is 5.41 Å². The van der Waals surface area contributed by atoms with Gasteiger partial charge in [0.2, 0.25) is 0 Å². The molecule has 46 heavy (non-hydrogen) atoms. The first-order chi connectivity index (χ1) is 22.5. The van der Waals surface area contributed by atoms with Crippen molar-refractivity contribution in [2.75, 3.05) is 14.2 Å². The van der Waals surface area contributed by atoms with Crippen molar-refractivity contribution in [1.29, 1.82) is 0 Å². The number of hydrogen-bond acceptors (Lipinski definition) is 3. The molecule has 6 aromatic carbocycles. The van der Waals surface area contributed by atoms with Gasteiger partial charge in [0, 0.05) is 27.2 Å². The molecule has 0 saturated heterocycles. The van der Waals surface area contributed by atoms with Crippen molar-refractivity contribution in [3.05, 3.63) is 157 Å². The first-order valence-corrected chi connectivity index (χ1v) is 18.1. The summed E-state index contributed by atoms with van der Waals surface area (Å²) in [6.07, 6.45) is 0. The van der Waals surface area contributed by atoms with Crippen LogP contribution in [0.5, 0.6) is 23.0 Å². The largest absolute Gasteiger partial charge is 0.497 e. The van der Waals surface area contributed by atoms with Gasteiger partial charge in [-0.15, -0.1) is 0 Å². The lowest BCUT2D eigenvalue weighted by Crippen LogP contribution is -2.32. The number of fused-ring (bicyclic) bond motifs is 2. The van der Waals surface area contributed by atoms with Crippen LogP contribution in [-0.4, -0.2) is 14.2 Å². The average Bonchev–Trinajstić information content (AvgIpc) is 3.11. The smallest absolute Gasteiger partial charge is 0.139 e. The maximum Gasteiger partial charge on any atom is 0.139 e. The molecule has 0 saturated carbocycles. The highest BCUT2D eigenvalue weighted by Gasteiger charge is 2.39. The number of ether oxygens (including phenoxy) is 3. The maximum absolute atomic E-state index is 7.30. The predicted octanol–water partition coefficient (Wildman–Crippen LogP) is 7.65. The SMILES string of the molecule is COc1ccc([P@](c2ccccc2)c2cccc3c2Oc2c([P@@](c4ccccc4)c4ccc(OC)cc4)cccc2C3(C)C)cc1. The van der Waals surface area contributed by atoms with Gasteiger partial charge >= 0.3 is 0 Å². The number of rotatable bonds is 8. The number of benzene rings is 6. The second kappa shape index (κ2) is 12.8. The Labute approximate surface area is 274 Å². The van der Waals surface area contributed by atoms with Gasteiger partial charge in [0.25, 0.3) is 0 Å². The first-order valence-electron chi connectivity index (χ1n) is 15.4. The summed E-state index contributed by atoms with van der Waals surface area (Å²) in [7, 11) is 1.59. The topological polar surface area (TPSA) is 27.7 Å². The van der Waals surface area contributed by atoms with E-state index in [9.17, 15) is 0 Å². The van der Waals surface area contributed by atoms with Crippen LogP contribution in [0.25, 0.3) is 0 Å². The van der Waals surface area contributed by atoms with Gasteiger partial charge in [0.05, 0.1) is 14.2 Å². The highest BCUT2D eigenvalue weighted by Crippen LogP contribution is 2.52.